The number of fused-ring (bicyclic) bond motifs is 1. The second-order valence-corrected chi connectivity index (χ2v) is 9.65. The van der Waals surface area contributed by atoms with Crippen molar-refractivity contribution in [1.29, 1.82) is 0 Å². The number of morpholine rings is 1. The van der Waals surface area contributed by atoms with Crippen molar-refractivity contribution in [2.24, 2.45) is 0 Å². The van der Waals surface area contributed by atoms with E-state index in [9.17, 15) is 9.59 Å². The van der Waals surface area contributed by atoms with Gasteiger partial charge in [-0.05, 0) is 68.0 Å². The number of nitrogens with zero attached hydrogens (tertiary/aromatic N) is 2. The molecule has 2 aromatic carbocycles. The van der Waals surface area contributed by atoms with Crippen LogP contribution >= 0.6 is 11.6 Å². The summed E-state index contributed by atoms with van der Waals surface area (Å²) in [5.41, 5.74) is 1.00. The third-order valence-corrected chi connectivity index (χ3v) is 7.12. The van der Waals surface area contributed by atoms with Crippen molar-refractivity contribution in [3.8, 4) is 11.5 Å². The number of rotatable bonds is 3. The lowest BCUT2D eigenvalue weighted by atomic mass is 9.91. The zero-order valence-electron chi connectivity index (χ0n) is 20.4. The Morgan fingerprint density at radius 2 is 1.97 bits per heavy atom. The maximum atomic E-state index is 13.6. The summed E-state index contributed by atoms with van der Waals surface area (Å²) in [6, 6.07) is 13.4. The van der Waals surface area contributed by atoms with Crippen LogP contribution in [0.1, 0.15) is 30.4 Å². The number of hydrogen-bond acceptors (Lipinski definition) is 5. The molecule has 1 atom stereocenters. The van der Waals surface area contributed by atoms with Crippen molar-refractivity contribution in [2.75, 3.05) is 46.5 Å². The minimum absolute atomic E-state index is 0.105. The SMILES string of the molecule is Cc1cc(OCC(=O)N2CCOC3(CCCCc4ccccc4OCCN(C)C3=O)C2)ccc1Cl. The van der Waals surface area contributed by atoms with Gasteiger partial charge in [0, 0.05) is 18.6 Å². The van der Waals surface area contributed by atoms with E-state index in [0.29, 0.717) is 43.5 Å². The number of aryl methyl sites for hydroxylation is 2. The molecule has 35 heavy (non-hydrogen) atoms. The number of amides is 2. The zero-order chi connectivity index (χ0) is 24.8. The zero-order valence-corrected chi connectivity index (χ0v) is 21.2. The molecule has 2 aliphatic rings. The minimum Gasteiger partial charge on any atom is -0.491 e. The molecule has 0 aromatic heterocycles. The normalized spacial score (nSPS) is 21.5. The van der Waals surface area contributed by atoms with E-state index in [4.69, 9.17) is 25.8 Å². The number of benzene rings is 2. The monoisotopic (exact) mass is 500 g/mol. The third-order valence-electron chi connectivity index (χ3n) is 6.70. The van der Waals surface area contributed by atoms with Crippen molar-refractivity contribution in [1.82, 2.24) is 9.80 Å². The molecule has 0 radical (unpaired) electrons. The first-order valence-electron chi connectivity index (χ1n) is 12.1. The van der Waals surface area contributed by atoms with Gasteiger partial charge in [0.1, 0.15) is 18.1 Å². The summed E-state index contributed by atoms with van der Waals surface area (Å²) >= 11 is 6.08. The van der Waals surface area contributed by atoms with E-state index in [1.807, 2.05) is 31.2 Å². The summed E-state index contributed by atoms with van der Waals surface area (Å²) in [5.74, 6) is 1.19. The van der Waals surface area contributed by atoms with Crippen LogP contribution in [0.25, 0.3) is 0 Å². The molecule has 2 aliphatic heterocycles. The van der Waals surface area contributed by atoms with Crippen LogP contribution in [0.4, 0.5) is 0 Å². The molecule has 0 bridgehead atoms. The standard InChI is InChI=1S/C27H33ClN2O5/c1-20-17-22(10-11-23(20)28)34-18-25(31)30-14-16-35-27(19-30)12-6-5-8-21-7-3-4-9-24(21)33-15-13-29(2)26(27)32/h3-4,7,9-11,17H,5-6,8,12-16,18-19H2,1-2H3. The van der Waals surface area contributed by atoms with E-state index >= 15 is 0 Å². The summed E-state index contributed by atoms with van der Waals surface area (Å²) in [4.78, 5) is 29.9. The van der Waals surface area contributed by atoms with E-state index < -0.39 is 5.60 Å². The third kappa shape index (κ3) is 6.08. The second kappa shape index (κ2) is 11.3. The number of para-hydroxylation sites is 1. The minimum atomic E-state index is -1.06. The van der Waals surface area contributed by atoms with Gasteiger partial charge in [0.2, 0.25) is 0 Å². The molecular weight excluding hydrogens is 468 g/mol. The van der Waals surface area contributed by atoms with E-state index in [2.05, 4.69) is 6.07 Å². The highest BCUT2D eigenvalue weighted by Gasteiger charge is 2.46. The molecule has 0 saturated carbocycles. The van der Waals surface area contributed by atoms with Crippen molar-refractivity contribution in [2.45, 2.75) is 38.2 Å². The molecular formula is C27H33ClN2O5. The number of halogens is 1. The first-order valence-corrected chi connectivity index (χ1v) is 12.5. The van der Waals surface area contributed by atoms with Crippen LogP contribution in [0.5, 0.6) is 11.5 Å². The van der Waals surface area contributed by atoms with Crippen LogP contribution in [0.2, 0.25) is 5.02 Å². The Balaban J connectivity index is 1.44. The number of carbonyl (C=O) groups is 2. The average molecular weight is 501 g/mol. The Hall–Kier alpha value is -2.77. The predicted molar refractivity (Wildman–Crippen MR) is 134 cm³/mol. The first kappa shape index (κ1) is 25.3. The summed E-state index contributed by atoms with van der Waals surface area (Å²) in [6.45, 7) is 3.57. The van der Waals surface area contributed by atoms with Crippen LogP contribution in [0.15, 0.2) is 42.5 Å². The molecule has 0 aliphatic carbocycles. The maximum absolute atomic E-state index is 13.6. The largest absolute Gasteiger partial charge is 0.491 e. The Morgan fingerprint density at radius 3 is 2.80 bits per heavy atom. The summed E-state index contributed by atoms with van der Waals surface area (Å²) in [5, 5.41) is 0.651. The molecule has 1 saturated heterocycles. The molecule has 8 heteroatoms. The van der Waals surface area contributed by atoms with E-state index in [0.717, 1.165) is 30.6 Å². The lowest BCUT2D eigenvalue weighted by Gasteiger charge is -2.43. The molecule has 2 aromatic rings. The number of hydrogen-bond donors (Lipinski definition) is 0. The van der Waals surface area contributed by atoms with Gasteiger partial charge < -0.3 is 24.0 Å². The molecule has 2 heterocycles. The Kier molecular flexibility index (Phi) is 8.19. The van der Waals surface area contributed by atoms with Crippen LogP contribution in [0, 0.1) is 6.92 Å². The molecule has 7 nitrogen and oxygen atoms in total. The lowest BCUT2D eigenvalue weighted by molar-refractivity contribution is -0.176. The van der Waals surface area contributed by atoms with Crippen molar-refractivity contribution in [3.63, 3.8) is 0 Å². The van der Waals surface area contributed by atoms with Gasteiger partial charge in [-0.2, -0.15) is 0 Å². The predicted octanol–water partition coefficient (Wildman–Crippen LogP) is 3.89. The van der Waals surface area contributed by atoms with E-state index in [-0.39, 0.29) is 25.0 Å². The Labute approximate surface area is 211 Å². The summed E-state index contributed by atoms with van der Waals surface area (Å²) in [6.07, 6.45) is 3.12. The summed E-state index contributed by atoms with van der Waals surface area (Å²) in [7, 11) is 1.77. The first-order chi connectivity index (χ1) is 16.9. The molecule has 2 amide bonds. The number of ether oxygens (including phenoxy) is 3. The summed E-state index contributed by atoms with van der Waals surface area (Å²) < 4.78 is 17.9. The average Bonchev–Trinajstić information content (AvgIpc) is 2.87. The molecule has 1 unspecified atom stereocenters. The van der Waals surface area contributed by atoms with E-state index in [1.165, 1.54) is 5.56 Å². The maximum Gasteiger partial charge on any atom is 0.260 e. The Morgan fingerprint density at radius 1 is 1.14 bits per heavy atom. The van der Waals surface area contributed by atoms with Gasteiger partial charge in [-0.15, -0.1) is 0 Å². The van der Waals surface area contributed by atoms with Gasteiger partial charge >= 0.3 is 0 Å². The van der Waals surface area contributed by atoms with Gasteiger partial charge in [-0.3, -0.25) is 9.59 Å². The molecule has 1 fully saturated rings. The highest BCUT2D eigenvalue weighted by atomic mass is 35.5. The van der Waals surface area contributed by atoms with Gasteiger partial charge in [0.15, 0.2) is 12.2 Å². The fourth-order valence-electron chi connectivity index (χ4n) is 4.65. The van der Waals surface area contributed by atoms with Crippen LogP contribution < -0.4 is 9.47 Å². The fourth-order valence-corrected chi connectivity index (χ4v) is 4.76. The van der Waals surface area contributed by atoms with Crippen LogP contribution in [-0.2, 0) is 20.7 Å². The fraction of sp³-hybridized carbons (Fsp3) is 0.481. The molecule has 1 spiro atoms. The number of carbonyl (C=O) groups excluding carboxylic acids is 2. The van der Waals surface area contributed by atoms with Crippen molar-refractivity contribution in [3.05, 3.63) is 58.6 Å². The second-order valence-electron chi connectivity index (χ2n) is 9.25. The van der Waals surface area contributed by atoms with Crippen molar-refractivity contribution >= 4 is 23.4 Å². The lowest BCUT2D eigenvalue weighted by Crippen LogP contribution is -2.61. The molecule has 0 N–H and O–H groups in total. The van der Waals surface area contributed by atoms with Crippen LogP contribution in [-0.4, -0.2) is 73.7 Å². The van der Waals surface area contributed by atoms with Crippen molar-refractivity contribution < 1.29 is 23.8 Å². The molecule has 4 rings (SSSR count). The topological polar surface area (TPSA) is 68.3 Å². The quantitative estimate of drug-likeness (QED) is 0.639. The highest BCUT2D eigenvalue weighted by molar-refractivity contribution is 6.31. The Bertz CT molecular complexity index is 1060. The highest BCUT2D eigenvalue weighted by Crippen LogP contribution is 2.29. The van der Waals surface area contributed by atoms with Gasteiger partial charge in [-0.1, -0.05) is 29.8 Å². The smallest absolute Gasteiger partial charge is 0.260 e. The van der Waals surface area contributed by atoms with Gasteiger partial charge in [0.05, 0.1) is 19.7 Å². The van der Waals surface area contributed by atoms with Gasteiger partial charge in [0.25, 0.3) is 11.8 Å². The van der Waals surface area contributed by atoms with Gasteiger partial charge in [-0.25, -0.2) is 0 Å². The molecule has 188 valence electrons. The number of likely N-dealkylation sites (N-methyl/N-ethyl adjacent to an activating group) is 1. The van der Waals surface area contributed by atoms with E-state index in [1.54, 1.807) is 29.0 Å². The van der Waals surface area contributed by atoms with Crippen LogP contribution in [0.3, 0.4) is 0 Å².